The first-order chi connectivity index (χ1) is 12.7. The number of hydrogen-bond acceptors (Lipinski definition) is 4. The standard InChI is InChI=1S/C22H26N2O2.2ClH/c1-4-24(5-2)15-22(25)19-14-21(16-9-7-6-8-10-16)23-20-12-11-17(26-3)13-18(19)20;;/h6-14,22,25H,4-5,15H2,1-3H3;2*1H. The average molecular weight is 423 g/mol. The van der Waals surface area contributed by atoms with Crippen LogP contribution in [-0.4, -0.2) is 41.7 Å². The van der Waals surface area contributed by atoms with Crippen LogP contribution in [0.3, 0.4) is 0 Å². The topological polar surface area (TPSA) is 45.6 Å². The molecule has 0 spiro atoms. The molecule has 152 valence electrons. The van der Waals surface area contributed by atoms with Crippen LogP contribution in [0.2, 0.25) is 0 Å². The summed E-state index contributed by atoms with van der Waals surface area (Å²) in [5.41, 5.74) is 3.67. The molecule has 0 aliphatic carbocycles. The molecule has 0 fully saturated rings. The van der Waals surface area contributed by atoms with E-state index in [0.29, 0.717) is 6.54 Å². The number of halogens is 2. The highest BCUT2D eigenvalue weighted by Gasteiger charge is 2.17. The van der Waals surface area contributed by atoms with Crippen LogP contribution in [0.25, 0.3) is 22.2 Å². The Hall–Kier alpha value is -1.85. The van der Waals surface area contributed by atoms with Crippen molar-refractivity contribution < 1.29 is 9.84 Å². The lowest BCUT2D eigenvalue weighted by atomic mass is 9.99. The van der Waals surface area contributed by atoms with E-state index in [4.69, 9.17) is 9.72 Å². The summed E-state index contributed by atoms with van der Waals surface area (Å²) in [5.74, 6) is 0.767. The van der Waals surface area contributed by atoms with E-state index in [1.165, 1.54) is 0 Å². The van der Waals surface area contributed by atoms with E-state index in [2.05, 4.69) is 18.7 Å². The Kier molecular flexibility index (Phi) is 9.70. The minimum Gasteiger partial charge on any atom is -0.497 e. The molecule has 3 rings (SSSR count). The van der Waals surface area contributed by atoms with Gasteiger partial charge in [0.05, 0.1) is 24.4 Å². The molecule has 1 heterocycles. The average Bonchev–Trinajstić information content (AvgIpc) is 2.71. The second kappa shape index (κ2) is 11.2. The Balaban J connectivity index is 0.00000196. The van der Waals surface area contributed by atoms with Gasteiger partial charge in [0.15, 0.2) is 0 Å². The van der Waals surface area contributed by atoms with Gasteiger partial charge in [-0.1, -0.05) is 44.2 Å². The Morgan fingerprint density at radius 3 is 2.29 bits per heavy atom. The van der Waals surface area contributed by atoms with E-state index in [0.717, 1.165) is 46.6 Å². The van der Waals surface area contributed by atoms with Crippen LogP contribution in [0.4, 0.5) is 0 Å². The number of aliphatic hydroxyl groups excluding tert-OH is 1. The van der Waals surface area contributed by atoms with Gasteiger partial charge in [-0.05, 0) is 42.9 Å². The molecular weight excluding hydrogens is 395 g/mol. The van der Waals surface area contributed by atoms with Crippen LogP contribution < -0.4 is 4.74 Å². The molecule has 1 unspecified atom stereocenters. The number of rotatable bonds is 7. The molecule has 0 amide bonds. The quantitative estimate of drug-likeness (QED) is 0.572. The van der Waals surface area contributed by atoms with E-state index < -0.39 is 6.10 Å². The minimum absolute atomic E-state index is 0. The van der Waals surface area contributed by atoms with Crippen LogP contribution in [-0.2, 0) is 0 Å². The lowest BCUT2D eigenvalue weighted by molar-refractivity contribution is 0.120. The number of benzene rings is 2. The normalized spacial score (nSPS) is 11.6. The summed E-state index contributed by atoms with van der Waals surface area (Å²) in [6, 6.07) is 17.9. The molecule has 28 heavy (non-hydrogen) atoms. The first kappa shape index (κ1) is 24.2. The van der Waals surface area contributed by atoms with Crippen LogP contribution in [0.1, 0.15) is 25.5 Å². The number of nitrogens with zero attached hydrogens (tertiary/aromatic N) is 2. The third-order valence-electron chi connectivity index (χ3n) is 4.80. The lowest BCUT2D eigenvalue weighted by Crippen LogP contribution is -2.28. The van der Waals surface area contributed by atoms with Crippen LogP contribution in [0, 0.1) is 0 Å². The molecule has 4 nitrogen and oxygen atoms in total. The summed E-state index contributed by atoms with van der Waals surface area (Å²) in [7, 11) is 1.65. The summed E-state index contributed by atoms with van der Waals surface area (Å²) in [6.07, 6.45) is -0.588. The highest BCUT2D eigenvalue weighted by molar-refractivity contribution is 5.87. The number of hydrogen-bond donors (Lipinski definition) is 1. The Bertz CT molecular complexity index is 871. The van der Waals surface area contributed by atoms with Crippen molar-refractivity contribution in [2.75, 3.05) is 26.7 Å². The maximum Gasteiger partial charge on any atom is 0.119 e. The van der Waals surface area contributed by atoms with Gasteiger partial charge in [-0.2, -0.15) is 0 Å². The molecule has 0 saturated carbocycles. The number of methoxy groups -OCH3 is 1. The van der Waals surface area contributed by atoms with E-state index in [1.54, 1.807) is 7.11 Å². The van der Waals surface area contributed by atoms with Gasteiger partial charge in [-0.25, -0.2) is 4.98 Å². The molecule has 0 aliphatic heterocycles. The predicted octanol–water partition coefficient (Wildman–Crippen LogP) is 5.13. The first-order valence-electron chi connectivity index (χ1n) is 9.10. The van der Waals surface area contributed by atoms with Gasteiger partial charge in [-0.3, -0.25) is 0 Å². The predicted molar refractivity (Wildman–Crippen MR) is 121 cm³/mol. The molecule has 3 aromatic rings. The van der Waals surface area contributed by atoms with E-state index in [9.17, 15) is 5.11 Å². The number of fused-ring (bicyclic) bond motifs is 1. The van der Waals surface area contributed by atoms with Crippen molar-refractivity contribution >= 4 is 35.7 Å². The zero-order chi connectivity index (χ0) is 18.5. The largest absolute Gasteiger partial charge is 0.497 e. The smallest absolute Gasteiger partial charge is 0.119 e. The van der Waals surface area contributed by atoms with Crippen molar-refractivity contribution in [2.45, 2.75) is 20.0 Å². The zero-order valence-corrected chi connectivity index (χ0v) is 18.1. The number of ether oxygens (including phenoxy) is 1. The van der Waals surface area contributed by atoms with Gasteiger partial charge >= 0.3 is 0 Å². The van der Waals surface area contributed by atoms with E-state index in [1.807, 2.05) is 54.6 Å². The van der Waals surface area contributed by atoms with E-state index in [-0.39, 0.29) is 24.8 Å². The van der Waals surface area contributed by atoms with Crippen molar-refractivity contribution in [3.63, 3.8) is 0 Å². The van der Waals surface area contributed by atoms with Crippen LogP contribution >= 0.6 is 24.8 Å². The fourth-order valence-corrected chi connectivity index (χ4v) is 3.22. The van der Waals surface area contributed by atoms with Crippen molar-refractivity contribution in [3.8, 4) is 17.0 Å². The van der Waals surface area contributed by atoms with Crippen molar-refractivity contribution in [1.29, 1.82) is 0 Å². The van der Waals surface area contributed by atoms with Gasteiger partial charge in [0.2, 0.25) is 0 Å². The molecule has 1 atom stereocenters. The van der Waals surface area contributed by atoms with Crippen LogP contribution in [0.15, 0.2) is 54.6 Å². The minimum atomic E-state index is -0.588. The number of likely N-dealkylation sites (N-methyl/N-ethyl adjacent to an activating group) is 1. The SMILES string of the molecule is CCN(CC)CC(O)c1cc(-c2ccccc2)nc2ccc(OC)cc12.Cl.Cl. The maximum atomic E-state index is 11.0. The Morgan fingerprint density at radius 1 is 1.00 bits per heavy atom. The molecule has 0 saturated heterocycles. The molecule has 6 heteroatoms. The number of aromatic nitrogens is 1. The number of pyridine rings is 1. The Morgan fingerprint density at radius 2 is 1.68 bits per heavy atom. The molecular formula is C22H28Cl2N2O2. The second-order valence-electron chi connectivity index (χ2n) is 6.35. The fraction of sp³-hybridized carbons (Fsp3) is 0.318. The maximum absolute atomic E-state index is 11.0. The lowest BCUT2D eigenvalue weighted by Gasteiger charge is -2.23. The second-order valence-corrected chi connectivity index (χ2v) is 6.35. The molecule has 0 aliphatic rings. The first-order valence-corrected chi connectivity index (χ1v) is 9.10. The van der Waals surface area contributed by atoms with Crippen molar-refractivity contribution in [2.24, 2.45) is 0 Å². The van der Waals surface area contributed by atoms with Crippen LogP contribution in [0.5, 0.6) is 5.75 Å². The molecule has 0 bridgehead atoms. The van der Waals surface area contributed by atoms with Gasteiger partial charge in [0, 0.05) is 17.5 Å². The monoisotopic (exact) mass is 422 g/mol. The highest BCUT2D eigenvalue weighted by Crippen LogP contribution is 2.31. The van der Waals surface area contributed by atoms with Gasteiger partial charge in [0.25, 0.3) is 0 Å². The highest BCUT2D eigenvalue weighted by atomic mass is 35.5. The van der Waals surface area contributed by atoms with Crippen molar-refractivity contribution in [3.05, 3.63) is 60.2 Å². The summed E-state index contributed by atoms with van der Waals surface area (Å²) < 4.78 is 5.38. The summed E-state index contributed by atoms with van der Waals surface area (Å²) in [6.45, 7) is 6.63. The fourth-order valence-electron chi connectivity index (χ4n) is 3.22. The Labute approximate surface area is 179 Å². The van der Waals surface area contributed by atoms with Gasteiger partial charge in [-0.15, -0.1) is 24.8 Å². The van der Waals surface area contributed by atoms with E-state index >= 15 is 0 Å². The molecule has 0 radical (unpaired) electrons. The number of aliphatic hydroxyl groups is 1. The third-order valence-corrected chi connectivity index (χ3v) is 4.80. The molecule has 1 aromatic heterocycles. The third kappa shape index (κ3) is 5.36. The van der Waals surface area contributed by atoms with Gasteiger partial charge < -0.3 is 14.7 Å². The zero-order valence-electron chi connectivity index (χ0n) is 16.5. The summed E-state index contributed by atoms with van der Waals surface area (Å²) >= 11 is 0. The van der Waals surface area contributed by atoms with Gasteiger partial charge in [0.1, 0.15) is 5.75 Å². The molecule has 1 N–H and O–H groups in total. The summed E-state index contributed by atoms with van der Waals surface area (Å²) in [5, 5.41) is 11.9. The molecule has 2 aromatic carbocycles. The van der Waals surface area contributed by atoms with Crippen molar-refractivity contribution in [1.82, 2.24) is 9.88 Å². The summed E-state index contributed by atoms with van der Waals surface area (Å²) in [4.78, 5) is 7.02.